The van der Waals surface area contributed by atoms with Crippen LogP contribution < -0.4 is 5.32 Å². The van der Waals surface area contributed by atoms with Gasteiger partial charge in [0.15, 0.2) is 0 Å². The van der Waals surface area contributed by atoms with Crippen LogP contribution in [0, 0.1) is 13.8 Å². The number of carbonyl (C=O) groups is 1. The van der Waals surface area contributed by atoms with E-state index in [2.05, 4.69) is 10.5 Å². The second-order valence-corrected chi connectivity index (χ2v) is 6.92. The van der Waals surface area contributed by atoms with Crippen molar-refractivity contribution in [2.75, 3.05) is 29.6 Å². The van der Waals surface area contributed by atoms with Gasteiger partial charge >= 0.3 is 0 Å². The van der Waals surface area contributed by atoms with E-state index in [0.717, 1.165) is 11.5 Å². The van der Waals surface area contributed by atoms with Crippen LogP contribution in [0.1, 0.15) is 21.8 Å². The highest BCUT2D eigenvalue weighted by Gasteiger charge is 2.30. The first-order chi connectivity index (χ1) is 9.02. The summed E-state index contributed by atoms with van der Waals surface area (Å²) in [6.07, 6.45) is 0. The summed E-state index contributed by atoms with van der Waals surface area (Å²) >= 11 is 3.45. The van der Waals surface area contributed by atoms with Crippen LogP contribution in [0.3, 0.4) is 0 Å². The molecule has 0 spiro atoms. The van der Waals surface area contributed by atoms with Crippen molar-refractivity contribution in [2.45, 2.75) is 19.4 Å². The average Bonchev–Trinajstić information content (AvgIpc) is 2.59. The molecular formula is C12H18N2O3S2. The van der Waals surface area contributed by atoms with E-state index in [1.165, 1.54) is 0 Å². The van der Waals surface area contributed by atoms with Crippen molar-refractivity contribution in [1.29, 1.82) is 0 Å². The molecule has 1 aromatic heterocycles. The fourth-order valence-electron chi connectivity index (χ4n) is 1.93. The van der Waals surface area contributed by atoms with Gasteiger partial charge in [0.25, 0.3) is 5.91 Å². The van der Waals surface area contributed by atoms with Crippen molar-refractivity contribution >= 4 is 29.4 Å². The second-order valence-electron chi connectivity index (χ2n) is 4.71. The van der Waals surface area contributed by atoms with Crippen molar-refractivity contribution in [3.8, 4) is 0 Å². The average molecular weight is 302 g/mol. The molecule has 0 unspecified atom stereocenters. The zero-order chi connectivity index (χ0) is 13.9. The Bertz CT molecular complexity index is 434. The molecule has 0 aromatic carbocycles. The molecule has 1 saturated heterocycles. The van der Waals surface area contributed by atoms with Crippen molar-refractivity contribution in [1.82, 2.24) is 10.5 Å². The molecule has 0 aliphatic carbocycles. The number of nitrogens with zero attached hydrogens (tertiary/aromatic N) is 1. The van der Waals surface area contributed by atoms with E-state index in [1.54, 1.807) is 37.4 Å². The van der Waals surface area contributed by atoms with Crippen molar-refractivity contribution < 1.29 is 14.4 Å². The minimum absolute atomic E-state index is 0.232. The largest absolute Gasteiger partial charge is 0.386 e. The molecule has 1 amide bonds. The van der Waals surface area contributed by atoms with Gasteiger partial charge in [0.2, 0.25) is 0 Å². The van der Waals surface area contributed by atoms with E-state index in [0.29, 0.717) is 28.5 Å². The SMILES string of the molecule is Cc1noc(C)c1C(=O)NCC1(O)CSCCSC1. The highest BCUT2D eigenvalue weighted by molar-refractivity contribution is 8.03. The maximum absolute atomic E-state index is 12.1. The van der Waals surface area contributed by atoms with Crippen LogP contribution >= 0.6 is 23.5 Å². The molecule has 2 heterocycles. The molecule has 0 saturated carbocycles. The summed E-state index contributed by atoms with van der Waals surface area (Å²) in [7, 11) is 0. The monoisotopic (exact) mass is 302 g/mol. The van der Waals surface area contributed by atoms with Gasteiger partial charge in [0.1, 0.15) is 11.3 Å². The van der Waals surface area contributed by atoms with Gasteiger partial charge in [-0.1, -0.05) is 5.16 Å². The summed E-state index contributed by atoms with van der Waals surface area (Å²) in [6.45, 7) is 3.70. The lowest BCUT2D eigenvalue weighted by molar-refractivity contribution is 0.0752. The Morgan fingerprint density at radius 3 is 2.58 bits per heavy atom. The predicted octanol–water partition coefficient (Wildman–Crippen LogP) is 1.23. The van der Waals surface area contributed by atoms with Crippen molar-refractivity contribution in [3.05, 3.63) is 17.0 Å². The minimum Gasteiger partial charge on any atom is -0.386 e. The highest BCUT2D eigenvalue weighted by atomic mass is 32.2. The molecule has 2 N–H and O–H groups in total. The van der Waals surface area contributed by atoms with Crippen LogP contribution in [-0.2, 0) is 0 Å². The molecule has 5 nitrogen and oxygen atoms in total. The number of hydrogen-bond donors (Lipinski definition) is 2. The van der Waals surface area contributed by atoms with E-state index in [9.17, 15) is 9.90 Å². The molecule has 0 radical (unpaired) electrons. The lowest BCUT2D eigenvalue weighted by Gasteiger charge is -2.25. The first-order valence-electron chi connectivity index (χ1n) is 6.11. The molecule has 0 bridgehead atoms. The molecule has 2 rings (SSSR count). The Balaban J connectivity index is 1.96. The molecule has 19 heavy (non-hydrogen) atoms. The summed E-state index contributed by atoms with van der Waals surface area (Å²) in [5, 5.41) is 17.0. The summed E-state index contributed by atoms with van der Waals surface area (Å²) in [6, 6.07) is 0. The molecule has 1 aromatic rings. The fourth-order valence-corrected chi connectivity index (χ4v) is 4.46. The van der Waals surface area contributed by atoms with Gasteiger partial charge in [-0.3, -0.25) is 4.79 Å². The number of thioether (sulfide) groups is 2. The van der Waals surface area contributed by atoms with E-state index in [1.807, 2.05) is 0 Å². The number of rotatable bonds is 3. The Labute approximate surface area is 120 Å². The maximum atomic E-state index is 12.1. The van der Waals surface area contributed by atoms with Crippen LogP contribution in [0.25, 0.3) is 0 Å². The number of nitrogens with one attached hydrogen (secondary N) is 1. The summed E-state index contributed by atoms with van der Waals surface area (Å²) in [5.41, 5.74) is 0.213. The normalized spacial score (nSPS) is 18.9. The fraction of sp³-hybridized carbons (Fsp3) is 0.667. The molecular weight excluding hydrogens is 284 g/mol. The predicted molar refractivity (Wildman–Crippen MR) is 77.9 cm³/mol. The lowest BCUT2D eigenvalue weighted by Crippen LogP contribution is -2.46. The van der Waals surface area contributed by atoms with Gasteiger partial charge in [-0.25, -0.2) is 0 Å². The van der Waals surface area contributed by atoms with Crippen LogP contribution in [0.5, 0.6) is 0 Å². The third-order valence-corrected chi connectivity index (χ3v) is 5.68. The van der Waals surface area contributed by atoms with Crippen molar-refractivity contribution in [2.24, 2.45) is 0 Å². The number of aromatic nitrogens is 1. The van der Waals surface area contributed by atoms with E-state index >= 15 is 0 Å². The number of aliphatic hydroxyl groups is 1. The smallest absolute Gasteiger partial charge is 0.256 e. The van der Waals surface area contributed by atoms with E-state index in [-0.39, 0.29) is 12.5 Å². The summed E-state index contributed by atoms with van der Waals surface area (Å²) in [5.74, 6) is 3.68. The van der Waals surface area contributed by atoms with Gasteiger partial charge in [0, 0.05) is 29.6 Å². The van der Waals surface area contributed by atoms with Gasteiger partial charge in [0.05, 0.1) is 11.3 Å². The second kappa shape index (κ2) is 6.19. The Morgan fingerprint density at radius 2 is 2.05 bits per heavy atom. The minimum atomic E-state index is -0.833. The van der Waals surface area contributed by atoms with Crippen LogP contribution in [0.4, 0.5) is 0 Å². The molecule has 1 aliphatic heterocycles. The lowest BCUT2D eigenvalue weighted by atomic mass is 10.1. The number of aryl methyl sites for hydroxylation is 2. The van der Waals surface area contributed by atoms with E-state index < -0.39 is 5.60 Å². The van der Waals surface area contributed by atoms with Crippen LogP contribution in [-0.4, -0.2) is 51.3 Å². The van der Waals surface area contributed by atoms with Gasteiger partial charge in [-0.2, -0.15) is 23.5 Å². The van der Waals surface area contributed by atoms with Crippen LogP contribution in [0.2, 0.25) is 0 Å². The topological polar surface area (TPSA) is 75.4 Å². The van der Waals surface area contributed by atoms with Gasteiger partial charge in [-0.05, 0) is 13.8 Å². The molecule has 0 atom stereocenters. The first-order valence-corrected chi connectivity index (χ1v) is 8.42. The molecule has 106 valence electrons. The Morgan fingerprint density at radius 1 is 1.42 bits per heavy atom. The Hall–Kier alpha value is -0.660. The quantitative estimate of drug-likeness (QED) is 0.875. The van der Waals surface area contributed by atoms with Crippen molar-refractivity contribution in [3.63, 3.8) is 0 Å². The molecule has 1 fully saturated rings. The zero-order valence-electron chi connectivity index (χ0n) is 11.1. The molecule has 1 aliphatic rings. The third kappa shape index (κ3) is 3.67. The highest BCUT2D eigenvalue weighted by Crippen LogP contribution is 2.24. The summed E-state index contributed by atoms with van der Waals surface area (Å²) in [4.78, 5) is 12.1. The zero-order valence-corrected chi connectivity index (χ0v) is 12.7. The van der Waals surface area contributed by atoms with Gasteiger partial charge in [-0.15, -0.1) is 0 Å². The maximum Gasteiger partial charge on any atom is 0.256 e. The number of hydrogen-bond acceptors (Lipinski definition) is 6. The number of amides is 1. The summed E-state index contributed by atoms with van der Waals surface area (Å²) < 4.78 is 4.97. The Kier molecular flexibility index (Phi) is 4.81. The third-order valence-electron chi connectivity index (χ3n) is 2.95. The number of carbonyl (C=O) groups excluding carboxylic acids is 1. The first kappa shape index (κ1) is 14.7. The molecule has 7 heteroatoms. The standard InChI is InChI=1S/C12H18N2O3S2/c1-8-10(9(2)17-14-8)11(15)13-5-12(16)6-18-3-4-19-7-12/h16H,3-7H2,1-2H3,(H,13,15). The van der Waals surface area contributed by atoms with Crippen LogP contribution in [0.15, 0.2) is 4.52 Å². The van der Waals surface area contributed by atoms with Gasteiger partial charge < -0.3 is 14.9 Å². The van der Waals surface area contributed by atoms with E-state index in [4.69, 9.17) is 4.52 Å².